The van der Waals surface area contributed by atoms with Crippen molar-refractivity contribution < 1.29 is 13.2 Å². The van der Waals surface area contributed by atoms with Crippen LogP contribution in [0.15, 0.2) is 23.1 Å². The summed E-state index contributed by atoms with van der Waals surface area (Å²) < 4.78 is 38.6. The number of rotatable bonds is 1. The summed E-state index contributed by atoms with van der Waals surface area (Å²) in [7, 11) is 0. The van der Waals surface area contributed by atoms with Gasteiger partial charge in [-0.3, -0.25) is 0 Å². The highest BCUT2D eigenvalue weighted by atomic mass is 32.1. The van der Waals surface area contributed by atoms with E-state index in [0.717, 1.165) is 17.4 Å². The second-order valence-corrected chi connectivity index (χ2v) is 4.28. The summed E-state index contributed by atoms with van der Waals surface area (Å²) in [5, 5.41) is -0.198. The molecule has 0 bridgehead atoms. The van der Waals surface area contributed by atoms with E-state index in [-0.39, 0.29) is 15.8 Å². The number of thiophene rings is 1. The summed E-state index contributed by atoms with van der Waals surface area (Å²) >= 11 is 4.78. The molecule has 0 spiro atoms. The van der Waals surface area contributed by atoms with E-state index < -0.39 is 11.6 Å². The predicted molar refractivity (Wildman–Crippen MR) is 54.0 cm³/mol. The van der Waals surface area contributed by atoms with Crippen molar-refractivity contribution in [1.29, 1.82) is 0 Å². The molecular formula is C9H5F3S2. The van der Waals surface area contributed by atoms with Gasteiger partial charge >= 0.3 is 0 Å². The van der Waals surface area contributed by atoms with Gasteiger partial charge < -0.3 is 0 Å². The third-order valence-electron chi connectivity index (χ3n) is 1.91. The molecule has 0 saturated heterocycles. The highest BCUT2D eigenvalue weighted by molar-refractivity contribution is 7.80. The number of fused-ring (bicyclic) bond motifs is 1. The van der Waals surface area contributed by atoms with Crippen LogP contribution in [0.3, 0.4) is 0 Å². The quantitative estimate of drug-likeness (QED) is 0.700. The molecule has 0 radical (unpaired) electrons. The van der Waals surface area contributed by atoms with E-state index >= 15 is 0 Å². The average Bonchev–Trinajstić information content (AvgIpc) is 2.43. The fourth-order valence-electron chi connectivity index (χ4n) is 1.32. The Morgan fingerprint density at radius 3 is 2.64 bits per heavy atom. The number of thiol groups is 1. The smallest absolute Gasteiger partial charge is 0.205 e. The van der Waals surface area contributed by atoms with Crippen LogP contribution in [-0.2, 0) is 0 Å². The molecule has 1 aromatic carbocycles. The standard InChI is InChI=1S/C9H5F3S2/c10-7-3-4-6(14-7)2-1-5(13)8(4)9(11)12/h1-3,9,13H. The first-order chi connectivity index (χ1) is 6.59. The van der Waals surface area contributed by atoms with Crippen LogP contribution in [0.25, 0.3) is 10.1 Å². The lowest BCUT2D eigenvalue weighted by Gasteiger charge is -2.04. The molecule has 0 aliphatic heterocycles. The number of hydrogen-bond donors (Lipinski definition) is 1. The van der Waals surface area contributed by atoms with E-state index in [1.807, 2.05) is 0 Å². The van der Waals surface area contributed by atoms with Crippen LogP contribution in [-0.4, -0.2) is 0 Å². The highest BCUT2D eigenvalue weighted by Gasteiger charge is 2.16. The molecule has 5 heteroatoms. The zero-order valence-corrected chi connectivity index (χ0v) is 8.51. The molecule has 14 heavy (non-hydrogen) atoms. The summed E-state index contributed by atoms with van der Waals surface area (Å²) in [6.45, 7) is 0. The van der Waals surface area contributed by atoms with Gasteiger partial charge in [0, 0.05) is 20.5 Å². The van der Waals surface area contributed by atoms with E-state index in [4.69, 9.17) is 0 Å². The molecule has 0 amide bonds. The minimum absolute atomic E-state index is 0.189. The van der Waals surface area contributed by atoms with Gasteiger partial charge in [-0.25, -0.2) is 8.78 Å². The summed E-state index contributed by atoms with van der Waals surface area (Å²) in [6, 6.07) is 4.18. The third kappa shape index (κ3) is 1.50. The molecule has 2 aromatic rings. The monoisotopic (exact) mass is 234 g/mol. The zero-order valence-electron chi connectivity index (χ0n) is 6.80. The molecule has 0 fully saturated rings. The van der Waals surface area contributed by atoms with E-state index in [1.54, 1.807) is 6.07 Å². The SMILES string of the molecule is Fc1cc2c(C(F)F)c(S)ccc2s1. The Labute approximate surface area is 87.8 Å². The first kappa shape index (κ1) is 9.86. The van der Waals surface area contributed by atoms with Gasteiger partial charge in [-0.1, -0.05) is 0 Å². The maximum Gasteiger partial charge on any atom is 0.265 e. The second kappa shape index (κ2) is 3.47. The lowest BCUT2D eigenvalue weighted by Crippen LogP contribution is -1.86. The van der Waals surface area contributed by atoms with Gasteiger partial charge in [0.1, 0.15) is 0 Å². The molecule has 74 valence electrons. The maximum absolute atomic E-state index is 12.8. The molecule has 0 saturated carbocycles. The molecule has 1 aromatic heterocycles. The van der Waals surface area contributed by atoms with Gasteiger partial charge in [0.05, 0.1) is 0 Å². The molecular weight excluding hydrogens is 229 g/mol. The van der Waals surface area contributed by atoms with Crippen molar-refractivity contribution in [3.05, 3.63) is 28.9 Å². The Kier molecular flexibility index (Phi) is 2.45. The van der Waals surface area contributed by atoms with Gasteiger partial charge in [-0.15, -0.1) is 24.0 Å². The van der Waals surface area contributed by atoms with Gasteiger partial charge in [-0.2, -0.15) is 4.39 Å². The Balaban J connectivity index is 2.82. The Morgan fingerprint density at radius 2 is 2.00 bits per heavy atom. The Morgan fingerprint density at radius 1 is 1.29 bits per heavy atom. The number of hydrogen-bond acceptors (Lipinski definition) is 2. The third-order valence-corrected chi connectivity index (χ3v) is 3.19. The van der Waals surface area contributed by atoms with Gasteiger partial charge in [0.25, 0.3) is 6.43 Å². The molecule has 0 N–H and O–H groups in total. The second-order valence-electron chi connectivity index (χ2n) is 2.76. The van der Waals surface area contributed by atoms with Crippen molar-refractivity contribution in [2.75, 3.05) is 0 Å². The van der Waals surface area contributed by atoms with Crippen LogP contribution in [0.1, 0.15) is 12.0 Å². The Bertz CT molecular complexity index is 476. The van der Waals surface area contributed by atoms with Crippen molar-refractivity contribution >= 4 is 34.1 Å². The first-order valence-electron chi connectivity index (χ1n) is 3.78. The minimum Gasteiger partial charge on any atom is -0.205 e. The van der Waals surface area contributed by atoms with E-state index in [0.29, 0.717) is 4.70 Å². The van der Waals surface area contributed by atoms with Crippen molar-refractivity contribution in [2.45, 2.75) is 11.3 Å². The molecule has 0 aliphatic rings. The molecule has 0 atom stereocenters. The molecule has 0 aliphatic carbocycles. The molecule has 1 heterocycles. The molecule has 2 rings (SSSR count). The van der Waals surface area contributed by atoms with Crippen LogP contribution in [0.2, 0.25) is 0 Å². The fraction of sp³-hybridized carbons (Fsp3) is 0.111. The molecule has 0 nitrogen and oxygen atoms in total. The highest BCUT2D eigenvalue weighted by Crippen LogP contribution is 2.36. The van der Waals surface area contributed by atoms with Crippen molar-refractivity contribution in [3.63, 3.8) is 0 Å². The largest absolute Gasteiger partial charge is 0.265 e. The first-order valence-corrected chi connectivity index (χ1v) is 5.05. The van der Waals surface area contributed by atoms with Crippen LogP contribution in [0.4, 0.5) is 13.2 Å². The zero-order chi connectivity index (χ0) is 10.3. The summed E-state index contributed by atoms with van der Waals surface area (Å²) in [5.41, 5.74) is -0.189. The van der Waals surface area contributed by atoms with Crippen LogP contribution < -0.4 is 0 Å². The van der Waals surface area contributed by atoms with E-state index in [2.05, 4.69) is 12.6 Å². The minimum atomic E-state index is -2.62. The van der Waals surface area contributed by atoms with Crippen LogP contribution >= 0.6 is 24.0 Å². The lowest BCUT2D eigenvalue weighted by molar-refractivity contribution is 0.150. The van der Waals surface area contributed by atoms with Crippen LogP contribution in [0.5, 0.6) is 0 Å². The van der Waals surface area contributed by atoms with Crippen molar-refractivity contribution in [1.82, 2.24) is 0 Å². The summed E-state index contributed by atoms with van der Waals surface area (Å²) in [5.74, 6) is 0. The van der Waals surface area contributed by atoms with E-state index in [1.165, 1.54) is 6.07 Å². The number of halogens is 3. The summed E-state index contributed by atoms with van der Waals surface area (Å²) in [6.07, 6.45) is -2.62. The molecule has 0 unspecified atom stereocenters. The van der Waals surface area contributed by atoms with Gasteiger partial charge in [0.2, 0.25) is 0 Å². The predicted octanol–water partition coefficient (Wildman–Crippen LogP) is 4.27. The number of benzene rings is 1. The van der Waals surface area contributed by atoms with Crippen molar-refractivity contribution in [3.8, 4) is 0 Å². The topological polar surface area (TPSA) is 0 Å². The number of alkyl halides is 2. The summed E-state index contributed by atoms with van der Waals surface area (Å²) in [4.78, 5) is 0.199. The van der Waals surface area contributed by atoms with Gasteiger partial charge in [0.15, 0.2) is 5.13 Å². The van der Waals surface area contributed by atoms with E-state index in [9.17, 15) is 13.2 Å². The van der Waals surface area contributed by atoms with Gasteiger partial charge in [-0.05, 0) is 18.2 Å². The van der Waals surface area contributed by atoms with Crippen molar-refractivity contribution in [2.24, 2.45) is 0 Å². The fourth-order valence-corrected chi connectivity index (χ4v) is 2.41. The average molecular weight is 234 g/mol. The Hall–Kier alpha value is -0.680. The maximum atomic E-state index is 12.8. The normalized spacial score (nSPS) is 11.5. The lowest BCUT2D eigenvalue weighted by atomic mass is 10.1. The van der Waals surface area contributed by atoms with Crippen LogP contribution in [0, 0.1) is 5.13 Å².